The van der Waals surface area contributed by atoms with Crippen LogP contribution in [0.2, 0.25) is 5.02 Å². The van der Waals surface area contributed by atoms with Gasteiger partial charge in [-0.3, -0.25) is 9.59 Å². The molecule has 38 heavy (non-hydrogen) atoms. The Bertz CT molecular complexity index is 1440. The van der Waals surface area contributed by atoms with Crippen LogP contribution >= 0.6 is 23.4 Å². The molecule has 11 heteroatoms. The third kappa shape index (κ3) is 6.15. The van der Waals surface area contributed by atoms with Crippen molar-refractivity contribution in [3.63, 3.8) is 0 Å². The number of anilines is 2. The first kappa shape index (κ1) is 25.7. The molecule has 1 aliphatic heterocycles. The van der Waals surface area contributed by atoms with Crippen molar-refractivity contribution in [1.29, 1.82) is 0 Å². The second kappa shape index (κ2) is 11.7. The van der Waals surface area contributed by atoms with E-state index < -0.39 is 5.82 Å². The average Bonchev–Trinajstić information content (AvgIpc) is 3.41. The third-order valence-corrected chi connectivity index (χ3v) is 7.05. The maximum atomic E-state index is 13.9. The quantitative estimate of drug-likeness (QED) is 0.315. The van der Waals surface area contributed by atoms with E-state index in [1.165, 1.54) is 6.07 Å². The molecule has 194 valence electrons. The summed E-state index contributed by atoms with van der Waals surface area (Å²) in [4.78, 5) is 29.2. The normalized spacial score (nSPS) is 13.4. The van der Waals surface area contributed by atoms with Crippen molar-refractivity contribution in [2.24, 2.45) is 0 Å². The lowest BCUT2D eigenvalue weighted by molar-refractivity contribution is -0.113. The van der Waals surface area contributed by atoms with Gasteiger partial charge in [0.05, 0.1) is 11.3 Å². The number of piperazine rings is 1. The molecule has 4 aromatic rings. The lowest BCUT2D eigenvalue weighted by Crippen LogP contribution is -2.48. The average molecular weight is 552 g/mol. The van der Waals surface area contributed by atoms with Crippen LogP contribution in [-0.2, 0) is 4.79 Å². The standard InChI is InChI=1S/C27H23ClFN5O3S/c28-19-5-3-4-18(16-19)26(36)34-14-12-33(13-15-34)21-10-8-20(9-11-21)30-24(35)17-38-27-32-31-25(37-27)22-6-1-2-7-23(22)29/h1-11,16H,12-15,17H2,(H,30,35). The summed E-state index contributed by atoms with van der Waals surface area (Å²) < 4.78 is 19.4. The molecule has 1 aliphatic rings. The molecule has 0 aliphatic carbocycles. The van der Waals surface area contributed by atoms with Crippen LogP contribution in [0.1, 0.15) is 10.4 Å². The van der Waals surface area contributed by atoms with E-state index in [0.29, 0.717) is 42.5 Å². The number of nitrogens with one attached hydrogen (secondary N) is 1. The molecule has 1 aromatic heterocycles. The van der Waals surface area contributed by atoms with Crippen LogP contribution in [0.4, 0.5) is 15.8 Å². The van der Waals surface area contributed by atoms with Gasteiger partial charge in [0.1, 0.15) is 5.82 Å². The molecule has 0 unspecified atom stereocenters. The van der Waals surface area contributed by atoms with Crippen LogP contribution < -0.4 is 10.2 Å². The highest BCUT2D eigenvalue weighted by Gasteiger charge is 2.22. The van der Waals surface area contributed by atoms with Crippen LogP contribution in [0.3, 0.4) is 0 Å². The molecule has 5 rings (SSSR count). The van der Waals surface area contributed by atoms with Crippen molar-refractivity contribution in [1.82, 2.24) is 15.1 Å². The summed E-state index contributed by atoms with van der Waals surface area (Å²) in [7, 11) is 0. The lowest BCUT2D eigenvalue weighted by Gasteiger charge is -2.36. The molecule has 3 aromatic carbocycles. The fourth-order valence-corrected chi connectivity index (χ4v) is 4.82. The molecule has 0 atom stereocenters. The Hall–Kier alpha value is -3.89. The van der Waals surface area contributed by atoms with Gasteiger partial charge in [-0.15, -0.1) is 10.2 Å². The number of aromatic nitrogens is 2. The molecule has 0 saturated carbocycles. The molecule has 1 N–H and O–H groups in total. The minimum Gasteiger partial charge on any atom is -0.411 e. The molecular weight excluding hydrogens is 529 g/mol. The van der Waals surface area contributed by atoms with Gasteiger partial charge in [-0.1, -0.05) is 41.6 Å². The monoisotopic (exact) mass is 551 g/mol. The molecule has 1 fully saturated rings. The fourth-order valence-electron chi connectivity index (χ4n) is 4.06. The van der Waals surface area contributed by atoms with E-state index >= 15 is 0 Å². The van der Waals surface area contributed by atoms with E-state index in [2.05, 4.69) is 20.4 Å². The van der Waals surface area contributed by atoms with Crippen LogP contribution in [-0.4, -0.2) is 58.8 Å². The van der Waals surface area contributed by atoms with Crippen LogP contribution in [0.25, 0.3) is 11.5 Å². The van der Waals surface area contributed by atoms with E-state index in [4.69, 9.17) is 16.0 Å². The second-order valence-corrected chi connectivity index (χ2v) is 9.89. The summed E-state index contributed by atoms with van der Waals surface area (Å²) in [6, 6.07) is 20.7. The molecule has 0 radical (unpaired) electrons. The molecule has 2 heterocycles. The summed E-state index contributed by atoms with van der Waals surface area (Å²) in [5, 5.41) is 11.3. The van der Waals surface area contributed by atoms with Gasteiger partial charge in [-0.05, 0) is 54.6 Å². The molecule has 8 nitrogen and oxygen atoms in total. The van der Waals surface area contributed by atoms with Gasteiger partial charge in [-0.25, -0.2) is 4.39 Å². The van der Waals surface area contributed by atoms with Gasteiger partial charge in [0.25, 0.3) is 17.0 Å². The third-order valence-electron chi connectivity index (χ3n) is 5.99. The lowest BCUT2D eigenvalue weighted by atomic mass is 10.1. The van der Waals surface area contributed by atoms with Crippen molar-refractivity contribution >= 4 is 46.6 Å². The zero-order valence-electron chi connectivity index (χ0n) is 20.1. The zero-order chi connectivity index (χ0) is 26.5. The predicted molar refractivity (Wildman–Crippen MR) is 145 cm³/mol. The molecule has 1 saturated heterocycles. The van der Waals surface area contributed by atoms with Gasteiger partial charge in [0, 0.05) is 48.1 Å². The summed E-state index contributed by atoms with van der Waals surface area (Å²) in [6.07, 6.45) is 0. The van der Waals surface area contributed by atoms with Crippen LogP contribution in [0, 0.1) is 5.82 Å². The Balaban J connectivity index is 1.09. The van der Waals surface area contributed by atoms with Crippen molar-refractivity contribution in [2.75, 3.05) is 42.1 Å². The van der Waals surface area contributed by atoms with Gasteiger partial charge in [0.2, 0.25) is 5.91 Å². The highest BCUT2D eigenvalue weighted by atomic mass is 35.5. The maximum Gasteiger partial charge on any atom is 0.277 e. The Morgan fingerprint density at radius 2 is 1.74 bits per heavy atom. The van der Waals surface area contributed by atoms with Crippen molar-refractivity contribution in [3.05, 3.63) is 89.2 Å². The molecular formula is C27H23ClFN5O3S. The summed E-state index contributed by atoms with van der Waals surface area (Å²) in [5.74, 6) is -0.588. The van der Waals surface area contributed by atoms with Gasteiger partial charge in [-0.2, -0.15) is 0 Å². The Kier molecular flexibility index (Phi) is 7.90. The fraction of sp³-hybridized carbons (Fsp3) is 0.185. The van der Waals surface area contributed by atoms with E-state index in [1.807, 2.05) is 29.2 Å². The summed E-state index contributed by atoms with van der Waals surface area (Å²) >= 11 is 7.09. The molecule has 0 bridgehead atoms. The zero-order valence-corrected chi connectivity index (χ0v) is 21.7. The first-order chi connectivity index (χ1) is 18.5. The van der Waals surface area contributed by atoms with E-state index in [1.54, 1.807) is 42.5 Å². The van der Waals surface area contributed by atoms with Gasteiger partial charge < -0.3 is 19.5 Å². The Morgan fingerprint density at radius 1 is 0.974 bits per heavy atom. The highest BCUT2D eigenvalue weighted by molar-refractivity contribution is 7.99. The highest BCUT2D eigenvalue weighted by Crippen LogP contribution is 2.26. The predicted octanol–water partition coefficient (Wildman–Crippen LogP) is 5.22. The smallest absolute Gasteiger partial charge is 0.277 e. The number of nitrogens with zero attached hydrogens (tertiary/aromatic N) is 4. The van der Waals surface area contributed by atoms with Crippen molar-refractivity contribution in [2.45, 2.75) is 5.22 Å². The van der Waals surface area contributed by atoms with Crippen molar-refractivity contribution < 1.29 is 18.4 Å². The number of hydrogen-bond acceptors (Lipinski definition) is 7. The number of rotatable bonds is 7. The summed E-state index contributed by atoms with van der Waals surface area (Å²) in [5.41, 5.74) is 2.48. The van der Waals surface area contributed by atoms with Gasteiger partial charge in [0.15, 0.2) is 0 Å². The largest absolute Gasteiger partial charge is 0.411 e. The summed E-state index contributed by atoms with van der Waals surface area (Å²) in [6.45, 7) is 2.62. The van der Waals surface area contributed by atoms with Crippen molar-refractivity contribution in [3.8, 4) is 11.5 Å². The second-order valence-electron chi connectivity index (χ2n) is 8.53. The number of carbonyl (C=O) groups is 2. The number of halogens is 2. The van der Waals surface area contributed by atoms with E-state index in [-0.39, 0.29) is 34.2 Å². The first-order valence-electron chi connectivity index (χ1n) is 11.9. The minimum atomic E-state index is -0.457. The topological polar surface area (TPSA) is 91.6 Å². The molecule has 2 amide bonds. The van der Waals surface area contributed by atoms with E-state index in [0.717, 1.165) is 17.4 Å². The maximum absolute atomic E-state index is 13.9. The Morgan fingerprint density at radius 3 is 2.47 bits per heavy atom. The first-order valence-corrected chi connectivity index (χ1v) is 13.2. The SMILES string of the molecule is O=C(CSc1nnc(-c2ccccc2F)o1)Nc1ccc(N2CCN(C(=O)c3cccc(Cl)c3)CC2)cc1. The number of hydrogen-bond donors (Lipinski definition) is 1. The van der Waals surface area contributed by atoms with E-state index in [9.17, 15) is 14.0 Å². The minimum absolute atomic E-state index is 0.0212. The van der Waals surface area contributed by atoms with Crippen LogP contribution in [0.15, 0.2) is 82.4 Å². The number of carbonyl (C=O) groups excluding carboxylic acids is 2. The number of benzene rings is 3. The van der Waals surface area contributed by atoms with Gasteiger partial charge >= 0.3 is 0 Å². The van der Waals surface area contributed by atoms with Crippen LogP contribution in [0.5, 0.6) is 0 Å². The Labute approximate surface area is 227 Å². The molecule has 0 spiro atoms. The number of thioether (sulfide) groups is 1. The number of amides is 2.